The number of aromatic nitrogens is 1. The normalized spacial score (nSPS) is 19.8. The Morgan fingerprint density at radius 2 is 1.70 bits per heavy atom. The van der Waals surface area contributed by atoms with Crippen LogP contribution >= 0.6 is 11.6 Å². The molecule has 1 saturated heterocycles. The van der Waals surface area contributed by atoms with Crippen molar-refractivity contribution in [1.82, 2.24) is 14.8 Å². The largest absolute Gasteiger partial charge is 0.497 e. The number of nitrogens with one attached hydrogen (secondary N) is 1. The van der Waals surface area contributed by atoms with E-state index in [1.807, 2.05) is 12.1 Å². The van der Waals surface area contributed by atoms with Gasteiger partial charge >= 0.3 is 0 Å². The average Bonchev–Trinajstić information content (AvgIpc) is 3.31. The van der Waals surface area contributed by atoms with Crippen LogP contribution in [0.1, 0.15) is 41.3 Å². The molecule has 1 atom stereocenters. The first-order valence-corrected chi connectivity index (χ1v) is 13.5. The maximum Gasteiger partial charge on any atom is 0.120 e. The maximum absolute atomic E-state index is 10.6. The highest BCUT2D eigenvalue weighted by molar-refractivity contribution is 6.30. The minimum absolute atomic E-state index is 0.0213. The van der Waals surface area contributed by atoms with Gasteiger partial charge in [0.25, 0.3) is 0 Å². The van der Waals surface area contributed by atoms with Crippen LogP contribution < -0.4 is 4.74 Å². The number of benzene rings is 3. The summed E-state index contributed by atoms with van der Waals surface area (Å²) in [7, 11) is 1.71. The number of nitrogens with zero attached hydrogens (tertiary/aromatic N) is 2. The quantitative estimate of drug-likeness (QED) is 0.335. The van der Waals surface area contributed by atoms with Crippen LogP contribution in [0.4, 0.5) is 0 Å². The Morgan fingerprint density at radius 3 is 2.41 bits per heavy atom. The third-order valence-electron chi connectivity index (χ3n) is 8.38. The van der Waals surface area contributed by atoms with Gasteiger partial charge < -0.3 is 14.8 Å². The van der Waals surface area contributed by atoms with E-state index >= 15 is 0 Å². The van der Waals surface area contributed by atoms with Crippen molar-refractivity contribution in [3.8, 4) is 5.75 Å². The summed E-state index contributed by atoms with van der Waals surface area (Å²) in [4.78, 5) is 8.77. The SMILES string of the molecule is COc1ccc2c3c([nH]c2c1)[C@H](CO)N(Cc1ccc(Cl)cc1)CC31CCN(Cc2ccccc2)CC1. The number of methoxy groups -OCH3 is 1. The standard InChI is InChI=1S/C31H34ClN3O2/c1-37-25-11-12-26-27(17-25)33-30-28(20-36)35(19-23-7-9-24(32)10-8-23)21-31(29(26)30)13-15-34(16-14-31)18-22-5-3-2-4-6-22/h2-12,17,28,33,36H,13-16,18-21H2,1H3/t28-/m0/s1. The molecule has 0 amide bonds. The number of aliphatic hydroxyl groups excluding tert-OH is 1. The van der Waals surface area contributed by atoms with E-state index in [1.165, 1.54) is 22.1 Å². The Kier molecular flexibility index (Phi) is 6.72. The minimum Gasteiger partial charge on any atom is -0.497 e. The Bertz CT molecular complexity index is 1360. The van der Waals surface area contributed by atoms with E-state index in [2.05, 4.69) is 75.4 Å². The van der Waals surface area contributed by atoms with E-state index in [0.29, 0.717) is 0 Å². The minimum atomic E-state index is -0.0861. The highest BCUT2D eigenvalue weighted by atomic mass is 35.5. The Balaban J connectivity index is 1.37. The molecule has 2 aliphatic rings. The fourth-order valence-electron chi connectivity index (χ4n) is 6.49. The summed E-state index contributed by atoms with van der Waals surface area (Å²) in [5, 5.41) is 12.6. The second kappa shape index (κ2) is 10.1. The third-order valence-corrected chi connectivity index (χ3v) is 8.63. The maximum atomic E-state index is 10.6. The molecule has 0 unspecified atom stereocenters. The highest BCUT2D eigenvalue weighted by Crippen LogP contribution is 2.49. The fourth-order valence-corrected chi connectivity index (χ4v) is 6.62. The van der Waals surface area contributed by atoms with E-state index in [4.69, 9.17) is 16.3 Å². The van der Waals surface area contributed by atoms with Crippen LogP contribution in [0.3, 0.4) is 0 Å². The molecule has 0 saturated carbocycles. The van der Waals surface area contributed by atoms with Crippen LogP contribution in [-0.4, -0.2) is 53.2 Å². The van der Waals surface area contributed by atoms with Crippen molar-refractivity contribution in [1.29, 1.82) is 0 Å². The molecule has 3 aromatic carbocycles. The number of rotatable bonds is 6. The van der Waals surface area contributed by atoms with Gasteiger partial charge in [-0.25, -0.2) is 0 Å². The van der Waals surface area contributed by atoms with Gasteiger partial charge in [0.2, 0.25) is 0 Å². The van der Waals surface area contributed by atoms with Crippen molar-refractivity contribution >= 4 is 22.5 Å². The average molecular weight is 516 g/mol. The van der Waals surface area contributed by atoms with Crippen molar-refractivity contribution < 1.29 is 9.84 Å². The molecule has 6 rings (SSSR count). The lowest BCUT2D eigenvalue weighted by atomic mass is 9.68. The summed E-state index contributed by atoms with van der Waals surface area (Å²) < 4.78 is 5.53. The smallest absolute Gasteiger partial charge is 0.120 e. The zero-order valence-electron chi connectivity index (χ0n) is 21.3. The van der Waals surface area contributed by atoms with Crippen LogP contribution in [0, 0.1) is 0 Å². The fraction of sp³-hybridized carbons (Fsp3) is 0.355. The molecule has 1 aromatic heterocycles. The van der Waals surface area contributed by atoms with Gasteiger partial charge in [-0.1, -0.05) is 54.1 Å². The molecule has 0 bridgehead atoms. The number of aromatic amines is 1. The number of aliphatic hydroxyl groups is 1. The van der Waals surface area contributed by atoms with Gasteiger partial charge in [0.05, 0.1) is 19.8 Å². The van der Waals surface area contributed by atoms with Crippen LogP contribution in [0.2, 0.25) is 5.02 Å². The number of likely N-dealkylation sites (tertiary alicyclic amines) is 1. The molecule has 1 fully saturated rings. The molecule has 0 aliphatic carbocycles. The summed E-state index contributed by atoms with van der Waals surface area (Å²) >= 11 is 6.16. The number of hydrogen-bond donors (Lipinski definition) is 2. The van der Waals surface area contributed by atoms with Crippen molar-refractivity contribution in [2.75, 3.05) is 33.4 Å². The van der Waals surface area contributed by atoms with Crippen molar-refractivity contribution in [3.05, 3.63) is 100 Å². The summed E-state index contributed by atoms with van der Waals surface area (Å²) in [6.07, 6.45) is 2.17. The lowest BCUT2D eigenvalue weighted by Gasteiger charge is -2.50. The molecule has 0 radical (unpaired) electrons. The van der Waals surface area contributed by atoms with Crippen LogP contribution in [-0.2, 0) is 18.5 Å². The van der Waals surface area contributed by atoms with E-state index in [1.54, 1.807) is 7.11 Å². The monoisotopic (exact) mass is 515 g/mol. The molecular formula is C31H34ClN3O2. The van der Waals surface area contributed by atoms with Gasteiger partial charge in [-0.3, -0.25) is 9.80 Å². The predicted octanol–water partition coefficient (Wildman–Crippen LogP) is 5.91. The molecule has 4 aromatic rings. The summed E-state index contributed by atoms with van der Waals surface area (Å²) in [6.45, 7) is 4.86. The van der Waals surface area contributed by atoms with Gasteiger partial charge in [0.15, 0.2) is 0 Å². The topological polar surface area (TPSA) is 51.7 Å². The van der Waals surface area contributed by atoms with Crippen molar-refractivity contribution in [2.45, 2.75) is 37.4 Å². The zero-order valence-corrected chi connectivity index (χ0v) is 22.0. The molecule has 6 heteroatoms. The molecule has 37 heavy (non-hydrogen) atoms. The zero-order chi connectivity index (χ0) is 25.4. The highest BCUT2D eigenvalue weighted by Gasteiger charge is 2.47. The number of fused-ring (bicyclic) bond motifs is 4. The Morgan fingerprint density at radius 1 is 0.973 bits per heavy atom. The van der Waals surface area contributed by atoms with Gasteiger partial charge in [-0.05, 0) is 66.9 Å². The van der Waals surface area contributed by atoms with E-state index in [9.17, 15) is 5.11 Å². The predicted molar refractivity (Wildman–Crippen MR) is 149 cm³/mol. The molecule has 1 spiro atoms. The van der Waals surface area contributed by atoms with Gasteiger partial charge in [0, 0.05) is 52.7 Å². The molecule has 5 nitrogen and oxygen atoms in total. The van der Waals surface area contributed by atoms with Gasteiger partial charge in [-0.2, -0.15) is 0 Å². The third kappa shape index (κ3) is 4.66. The van der Waals surface area contributed by atoms with Crippen LogP contribution in [0.15, 0.2) is 72.8 Å². The van der Waals surface area contributed by atoms with Crippen LogP contribution in [0.25, 0.3) is 10.9 Å². The number of ether oxygens (including phenoxy) is 1. The van der Waals surface area contributed by atoms with Gasteiger partial charge in [0.1, 0.15) is 5.75 Å². The molecule has 3 heterocycles. The van der Waals surface area contributed by atoms with E-state index in [0.717, 1.165) is 67.5 Å². The van der Waals surface area contributed by atoms with E-state index in [-0.39, 0.29) is 18.1 Å². The summed E-state index contributed by atoms with van der Waals surface area (Å²) in [5.74, 6) is 0.844. The second-order valence-corrected chi connectivity index (χ2v) is 11.0. The van der Waals surface area contributed by atoms with Crippen molar-refractivity contribution in [2.24, 2.45) is 0 Å². The first-order chi connectivity index (χ1) is 18.1. The number of halogens is 1. The molecule has 2 aliphatic heterocycles. The Hall–Kier alpha value is -2.83. The number of hydrogen-bond acceptors (Lipinski definition) is 4. The molecular weight excluding hydrogens is 482 g/mol. The lowest BCUT2D eigenvalue weighted by molar-refractivity contribution is 0.0420. The lowest BCUT2D eigenvalue weighted by Crippen LogP contribution is -2.53. The second-order valence-electron chi connectivity index (χ2n) is 10.6. The summed E-state index contributed by atoms with van der Waals surface area (Å²) in [5.41, 5.74) is 6.24. The van der Waals surface area contributed by atoms with E-state index < -0.39 is 0 Å². The van der Waals surface area contributed by atoms with Crippen LogP contribution in [0.5, 0.6) is 5.75 Å². The summed E-state index contributed by atoms with van der Waals surface area (Å²) in [6, 6.07) is 25.1. The number of H-pyrrole nitrogens is 1. The molecule has 2 N–H and O–H groups in total. The number of piperidine rings is 1. The Labute approximate surface area is 223 Å². The van der Waals surface area contributed by atoms with Gasteiger partial charge in [-0.15, -0.1) is 0 Å². The first-order valence-electron chi connectivity index (χ1n) is 13.1. The molecule has 192 valence electrons. The van der Waals surface area contributed by atoms with Crippen molar-refractivity contribution in [3.63, 3.8) is 0 Å². The first kappa shape index (κ1) is 24.5.